The number of sulfone groups is 1. The first-order valence-electron chi connectivity index (χ1n) is 8.60. The summed E-state index contributed by atoms with van der Waals surface area (Å²) in [5, 5.41) is 0. The molecule has 0 fully saturated rings. The van der Waals surface area contributed by atoms with Gasteiger partial charge in [-0.3, -0.25) is 14.3 Å². The molecular weight excluding hydrogens is 364 g/mol. The lowest BCUT2D eigenvalue weighted by molar-refractivity contribution is 0.594. The van der Waals surface area contributed by atoms with Gasteiger partial charge in [0.25, 0.3) is 5.56 Å². The van der Waals surface area contributed by atoms with E-state index in [2.05, 4.69) is 9.97 Å². The van der Waals surface area contributed by atoms with Crippen LogP contribution in [-0.2, 0) is 16.4 Å². The van der Waals surface area contributed by atoms with Gasteiger partial charge in [-0.2, -0.15) is 0 Å². The van der Waals surface area contributed by atoms with E-state index in [4.69, 9.17) is 0 Å². The van der Waals surface area contributed by atoms with Crippen molar-refractivity contribution in [1.29, 1.82) is 0 Å². The van der Waals surface area contributed by atoms with Gasteiger partial charge in [0.1, 0.15) is 0 Å². The zero-order chi connectivity index (χ0) is 18.9. The van der Waals surface area contributed by atoms with Gasteiger partial charge in [0.05, 0.1) is 16.3 Å². The van der Waals surface area contributed by atoms with Crippen LogP contribution in [0.5, 0.6) is 0 Å². The van der Waals surface area contributed by atoms with E-state index in [1.54, 1.807) is 59.4 Å². The second-order valence-electron chi connectivity index (χ2n) is 6.29. The maximum atomic E-state index is 12.5. The molecule has 4 rings (SSSR count). The number of hydrogen-bond donors (Lipinski definition) is 0. The van der Waals surface area contributed by atoms with Gasteiger partial charge < -0.3 is 4.90 Å². The summed E-state index contributed by atoms with van der Waals surface area (Å²) in [4.78, 5) is 23.2. The van der Waals surface area contributed by atoms with Gasteiger partial charge in [0.15, 0.2) is 9.84 Å². The van der Waals surface area contributed by atoms with Gasteiger partial charge in [-0.1, -0.05) is 18.2 Å². The van der Waals surface area contributed by atoms with Gasteiger partial charge in [-0.25, -0.2) is 13.4 Å². The zero-order valence-electron chi connectivity index (χ0n) is 14.5. The van der Waals surface area contributed by atoms with Gasteiger partial charge in [-0.05, 0) is 24.3 Å². The molecule has 0 saturated carbocycles. The quantitative estimate of drug-likeness (QED) is 0.666. The highest BCUT2D eigenvalue weighted by atomic mass is 32.2. The smallest absolute Gasteiger partial charge is 0.255 e. The number of aromatic nitrogens is 3. The standard InChI is InChI=1S/C19H18N4O3S/c24-18-14-17(15-6-8-20-9-7-15)21-19-22(10-11-23(18)19)12-13-27(25,26)16-4-2-1-3-5-16/h1-9,14H,10-13H2. The second-order valence-corrected chi connectivity index (χ2v) is 8.40. The van der Waals surface area contributed by atoms with E-state index in [1.165, 1.54) is 6.07 Å². The summed E-state index contributed by atoms with van der Waals surface area (Å²) >= 11 is 0. The fourth-order valence-corrected chi connectivity index (χ4v) is 4.39. The van der Waals surface area contributed by atoms with Gasteiger partial charge in [-0.15, -0.1) is 0 Å². The molecule has 3 heterocycles. The van der Waals surface area contributed by atoms with Crippen molar-refractivity contribution in [2.45, 2.75) is 11.4 Å². The predicted octanol–water partition coefficient (Wildman–Crippen LogP) is 1.60. The van der Waals surface area contributed by atoms with Crippen molar-refractivity contribution >= 4 is 15.8 Å². The van der Waals surface area contributed by atoms with Crippen LogP contribution in [0.25, 0.3) is 11.3 Å². The first-order valence-corrected chi connectivity index (χ1v) is 10.2. The Labute approximate surface area is 156 Å². The molecule has 1 aromatic carbocycles. The van der Waals surface area contributed by atoms with Crippen LogP contribution in [-0.4, -0.2) is 41.8 Å². The van der Waals surface area contributed by atoms with E-state index < -0.39 is 9.84 Å². The second kappa shape index (κ2) is 6.96. The number of benzene rings is 1. The molecule has 0 unspecified atom stereocenters. The minimum Gasteiger partial charge on any atom is -0.339 e. The molecule has 138 valence electrons. The van der Waals surface area contributed by atoms with Crippen molar-refractivity contribution in [2.75, 3.05) is 23.7 Å². The van der Waals surface area contributed by atoms with E-state index in [0.29, 0.717) is 29.6 Å². The number of fused-ring (bicyclic) bond motifs is 1. The van der Waals surface area contributed by atoms with Gasteiger partial charge in [0.2, 0.25) is 5.95 Å². The Morgan fingerprint density at radius 2 is 1.74 bits per heavy atom. The maximum Gasteiger partial charge on any atom is 0.255 e. The van der Waals surface area contributed by atoms with Crippen molar-refractivity contribution in [2.24, 2.45) is 0 Å². The first-order chi connectivity index (χ1) is 13.0. The summed E-state index contributed by atoms with van der Waals surface area (Å²) in [5.74, 6) is 0.476. The lowest BCUT2D eigenvalue weighted by Crippen LogP contribution is -2.29. The number of hydrogen-bond acceptors (Lipinski definition) is 6. The molecule has 7 nitrogen and oxygen atoms in total. The summed E-state index contributed by atoms with van der Waals surface area (Å²) in [7, 11) is -3.39. The summed E-state index contributed by atoms with van der Waals surface area (Å²) in [5.41, 5.74) is 1.22. The molecule has 0 amide bonds. The molecule has 0 N–H and O–H groups in total. The SMILES string of the molecule is O=c1cc(-c2ccncc2)nc2n1CCN2CCS(=O)(=O)c1ccccc1. The van der Waals surface area contributed by atoms with Crippen molar-refractivity contribution < 1.29 is 8.42 Å². The Bertz CT molecular complexity index is 1110. The molecule has 3 aromatic rings. The largest absolute Gasteiger partial charge is 0.339 e. The highest BCUT2D eigenvalue weighted by Crippen LogP contribution is 2.22. The summed E-state index contributed by atoms with van der Waals surface area (Å²) in [6.45, 7) is 1.35. The van der Waals surface area contributed by atoms with Crippen LogP contribution in [0.1, 0.15) is 0 Å². The third kappa shape index (κ3) is 3.48. The summed E-state index contributed by atoms with van der Waals surface area (Å²) in [6, 6.07) is 13.5. The van der Waals surface area contributed by atoms with E-state index in [1.807, 2.05) is 4.90 Å². The molecule has 27 heavy (non-hydrogen) atoms. The van der Waals surface area contributed by atoms with Crippen molar-refractivity contribution in [3.8, 4) is 11.3 Å². The predicted molar refractivity (Wildman–Crippen MR) is 102 cm³/mol. The lowest BCUT2D eigenvalue weighted by Gasteiger charge is -2.17. The molecule has 0 aliphatic carbocycles. The van der Waals surface area contributed by atoms with E-state index in [0.717, 1.165) is 5.56 Å². The van der Waals surface area contributed by atoms with E-state index >= 15 is 0 Å². The third-order valence-electron chi connectivity index (χ3n) is 4.57. The third-order valence-corrected chi connectivity index (χ3v) is 6.28. The number of anilines is 1. The number of nitrogens with zero attached hydrogens (tertiary/aromatic N) is 4. The Morgan fingerprint density at radius 3 is 2.48 bits per heavy atom. The molecule has 8 heteroatoms. The van der Waals surface area contributed by atoms with Crippen molar-refractivity contribution in [3.63, 3.8) is 0 Å². The van der Waals surface area contributed by atoms with E-state index in [-0.39, 0.29) is 17.9 Å². The van der Waals surface area contributed by atoms with E-state index in [9.17, 15) is 13.2 Å². The van der Waals surface area contributed by atoms with Crippen LogP contribution in [0.15, 0.2) is 70.6 Å². The van der Waals surface area contributed by atoms with Gasteiger partial charge >= 0.3 is 0 Å². The van der Waals surface area contributed by atoms with Crippen LogP contribution in [0.2, 0.25) is 0 Å². The topological polar surface area (TPSA) is 85.2 Å². The van der Waals surface area contributed by atoms with Crippen molar-refractivity contribution in [1.82, 2.24) is 14.5 Å². The average molecular weight is 382 g/mol. The molecule has 1 aliphatic rings. The molecule has 0 saturated heterocycles. The number of pyridine rings is 1. The first kappa shape index (κ1) is 17.4. The number of rotatable bonds is 5. The molecular formula is C19H18N4O3S. The molecule has 0 radical (unpaired) electrons. The van der Waals surface area contributed by atoms with Crippen LogP contribution in [0, 0.1) is 0 Å². The van der Waals surface area contributed by atoms with Crippen LogP contribution in [0.3, 0.4) is 0 Å². The molecule has 0 bridgehead atoms. The molecule has 1 aliphatic heterocycles. The maximum absolute atomic E-state index is 12.5. The highest BCUT2D eigenvalue weighted by molar-refractivity contribution is 7.91. The molecule has 0 atom stereocenters. The van der Waals surface area contributed by atoms with Crippen LogP contribution in [0.4, 0.5) is 5.95 Å². The Balaban J connectivity index is 1.60. The van der Waals surface area contributed by atoms with Gasteiger partial charge in [0, 0.05) is 43.7 Å². The Kier molecular flexibility index (Phi) is 4.49. The van der Waals surface area contributed by atoms with Crippen LogP contribution < -0.4 is 10.5 Å². The monoisotopic (exact) mass is 382 g/mol. The Hall–Kier alpha value is -3.00. The molecule has 0 spiro atoms. The Morgan fingerprint density at radius 1 is 1.00 bits per heavy atom. The summed E-state index contributed by atoms with van der Waals surface area (Å²) in [6.07, 6.45) is 3.29. The lowest BCUT2D eigenvalue weighted by atomic mass is 10.2. The average Bonchev–Trinajstić information content (AvgIpc) is 3.11. The minimum absolute atomic E-state index is 0.0353. The summed E-state index contributed by atoms with van der Waals surface area (Å²) < 4.78 is 26.7. The zero-order valence-corrected chi connectivity index (χ0v) is 15.3. The molecule has 2 aromatic heterocycles. The van der Waals surface area contributed by atoms with Crippen LogP contribution >= 0.6 is 0 Å². The minimum atomic E-state index is -3.39. The fraction of sp³-hybridized carbons (Fsp3) is 0.211. The normalized spacial score (nSPS) is 13.6. The highest BCUT2D eigenvalue weighted by Gasteiger charge is 2.25. The fourth-order valence-electron chi connectivity index (χ4n) is 3.12. The van der Waals surface area contributed by atoms with Crippen molar-refractivity contribution in [3.05, 3.63) is 71.3 Å².